The van der Waals surface area contributed by atoms with Gasteiger partial charge in [-0.05, 0) is 57.8 Å². The highest BCUT2D eigenvalue weighted by Gasteiger charge is 2.47. The van der Waals surface area contributed by atoms with Crippen LogP contribution in [0.3, 0.4) is 0 Å². The summed E-state index contributed by atoms with van der Waals surface area (Å²) < 4.78 is 72.6. The van der Waals surface area contributed by atoms with Crippen LogP contribution in [0.2, 0.25) is 0 Å². The topological polar surface area (TPSA) is 412 Å². The van der Waals surface area contributed by atoms with E-state index in [-0.39, 0.29) is 135 Å². The second-order valence-corrected chi connectivity index (χ2v) is 26.3. The second kappa shape index (κ2) is 31.8. The van der Waals surface area contributed by atoms with Crippen molar-refractivity contribution >= 4 is 33.4 Å². The molecule has 28 nitrogen and oxygen atoms in total. The number of nitrogens with zero attached hydrogens (tertiary/aromatic N) is 3. The Labute approximate surface area is 479 Å². The van der Waals surface area contributed by atoms with Crippen molar-refractivity contribution in [3.63, 3.8) is 0 Å². The Balaban J connectivity index is 1.02. The first-order valence-corrected chi connectivity index (χ1v) is 31.9. The molecule has 3 heterocycles. The fourth-order valence-electron chi connectivity index (χ4n) is 12.6. The number of amides is 3. The molecular weight excluding hydrogens is 1130 g/mol. The van der Waals surface area contributed by atoms with Gasteiger partial charge in [-0.25, -0.2) is 9.13 Å². The van der Waals surface area contributed by atoms with Gasteiger partial charge in [0.1, 0.15) is 0 Å². The Kier molecular flexibility index (Phi) is 26.8. The quantitative estimate of drug-likeness (QED) is 0.0285. The van der Waals surface area contributed by atoms with E-state index < -0.39 is 162 Å². The molecule has 12 N–H and O–H groups in total. The first kappa shape index (κ1) is 69.2. The van der Waals surface area contributed by atoms with Crippen LogP contribution in [0.4, 0.5) is 0 Å². The number of likely N-dealkylation sites (tertiary alicyclic amines) is 3. The van der Waals surface area contributed by atoms with Crippen molar-refractivity contribution in [3.8, 4) is 0 Å². The molecule has 23 atom stereocenters. The molecule has 3 aliphatic carbocycles. The molecule has 6 aliphatic rings. The van der Waals surface area contributed by atoms with Gasteiger partial charge in [-0.2, -0.15) is 0 Å². The number of carbonyl (C=O) groups excluding carboxylic acids is 3. The van der Waals surface area contributed by atoms with Gasteiger partial charge in [-0.3, -0.25) is 32.5 Å². The molecule has 8 unspecified atom stereocenters. The van der Waals surface area contributed by atoms with Gasteiger partial charge in [0.05, 0.1) is 111 Å². The SMILES string of the molecule is COC[C@@H]1C[C@@H](OP(=O)(O)OC[C@@H]2C[C@@H](OP(=O)(O)OC[C@@H]3C[C@@H](O)CN3C(=O)CCCO[C@@H]3CC(CO)[C@H](O)[C@H](O)C3C)CN2C(=O)CCCO[C@@H]2CC(CO)[C@H](O)[C@H](O)C2C)CN1C(=O)CCCO[C@@H]1CC(CO)[C@H](O)[C@H](O)C1C. The zero-order valence-corrected chi connectivity index (χ0v) is 49.3. The van der Waals surface area contributed by atoms with Gasteiger partial charge >= 0.3 is 15.6 Å². The lowest BCUT2D eigenvalue weighted by molar-refractivity contribution is -0.145. The van der Waals surface area contributed by atoms with Crippen LogP contribution in [0.25, 0.3) is 0 Å². The maximum atomic E-state index is 13.9. The van der Waals surface area contributed by atoms with E-state index >= 15 is 0 Å². The van der Waals surface area contributed by atoms with Gasteiger partial charge in [0, 0.05) is 121 Å². The molecule has 3 saturated carbocycles. The molecule has 6 fully saturated rings. The normalized spacial score (nSPS) is 38.7. The minimum atomic E-state index is -4.96. The zero-order valence-electron chi connectivity index (χ0n) is 47.5. The molecule has 0 aromatic heterocycles. The number of aliphatic hydroxyl groups excluding tert-OH is 10. The summed E-state index contributed by atoms with van der Waals surface area (Å²) in [7, 11) is -8.46. The third-order valence-electron chi connectivity index (χ3n) is 17.7. The summed E-state index contributed by atoms with van der Waals surface area (Å²) in [6.45, 7) is 3.01. The van der Waals surface area contributed by atoms with Crippen LogP contribution >= 0.6 is 15.6 Å². The minimum Gasteiger partial charge on any atom is -0.396 e. The van der Waals surface area contributed by atoms with E-state index in [4.69, 9.17) is 37.0 Å². The van der Waals surface area contributed by atoms with Crippen molar-refractivity contribution in [2.24, 2.45) is 35.5 Å². The van der Waals surface area contributed by atoms with Gasteiger partial charge in [0.2, 0.25) is 17.7 Å². The van der Waals surface area contributed by atoms with E-state index in [1.807, 2.05) is 0 Å². The van der Waals surface area contributed by atoms with Crippen LogP contribution in [0.5, 0.6) is 0 Å². The molecule has 3 aliphatic heterocycles. The molecule has 3 amide bonds. The van der Waals surface area contributed by atoms with Gasteiger partial charge in [0.25, 0.3) is 0 Å². The Bertz CT molecular complexity index is 2100. The molecule has 0 aromatic rings. The summed E-state index contributed by atoms with van der Waals surface area (Å²) in [4.78, 5) is 67.0. The molecule has 476 valence electrons. The lowest BCUT2D eigenvalue weighted by Crippen LogP contribution is -2.50. The number of rotatable bonds is 30. The number of phosphoric ester groups is 2. The number of phosphoric acid groups is 2. The molecule has 30 heteroatoms. The van der Waals surface area contributed by atoms with Crippen molar-refractivity contribution < 1.29 is 121 Å². The van der Waals surface area contributed by atoms with E-state index in [1.165, 1.54) is 21.8 Å². The highest BCUT2D eigenvalue weighted by Crippen LogP contribution is 2.50. The number of ether oxygens (including phenoxy) is 4. The van der Waals surface area contributed by atoms with Crippen LogP contribution in [-0.4, -0.2) is 271 Å². The molecule has 0 bridgehead atoms. The van der Waals surface area contributed by atoms with E-state index in [2.05, 4.69) is 0 Å². The van der Waals surface area contributed by atoms with Gasteiger partial charge < -0.3 is 94.5 Å². The predicted molar refractivity (Wildman–Crippen MR) is 286 cm³/mol. The van der Waals surface area contributed by atoms with Crippen LogP contribution in [0.15, 0.2) is 0 Å². The summed E-state index contributed by atoms with van der Waals surface area (Å²) in [6.07, 6.45) is -9.71. The number of hydrogen-bond acceptors (Lipinski definition) is 23. The number of aliphatic hydroxyl groups is 10. The number of β-amino-alcohol motifs (C(OH)–C–C–N with tert-alkyl or cyclic N) is 1. The van der Waals surface area contributed by atoms with Crippen LogP contribution in [-0.2, 0) is 60.6 Å². The third-order valence-corrected chi connectivity index (χ3v) is 19.8. The second-order valence-electron chi connectivity index (χ2n) is 23.5. The smallest absolute Gasteiger partial charge is 0.396 e. The maximum Gasteiger partial charge on any atom is 0.472 e. The van der Waals surface area contributed by atoms with E-state index in [9.17, 15) is 84.4 Å². The monoisotopic (exact) mass is 1220 g/mol. The number of hydrogen-bond donors (Lipinski definition) is 12. The van der Waals surface area contributed by atoms with Crippen molar-refractivity contribution in [2.45, 2.75) is 189 Å². The molecule has 82 heavy (non-hydrogen) atoms. The summed E-state index contributed by atoms with van der Waals surface area (Å²) in [5.41, 5.74) is 0. The van der Waals surface area contributed by atoms with E-state index in [0.29, 0.717) is 19.3 Å². The lowest BCUT2D eigenvalue weighted by atomic mass is 9.77. The molecular formula is C52H93N3O25P2. The Hall–Kier alpha value is -1.93. The Morgan fingerprint density at radius 3 is 1.11 bits per heavy atom. The summed E-state index contributed by atoms with van der Waals surface area (Å²) in [6, 6.07) is -2.36. The fraction of sp³-hybridized carbons (Fsp3) is 0.942. The van der Waals surface area contributed by atoms with Gasteiger partial charge in [-0.15, -0.1) is 0 Å². The number of methoxy groups -OCH3 is 1. The van der Waals surface area contributed by atoms with Crippen molar-refractivity contribution in [2.75, 3.05) is 86.2 Å². The Morgan fingerprint density at radius 1 is 0.463 bits per heavy atom. The largest absolute Gasteiger partial charge is 0.472 e. The van der Waals surface area contributed by atoms with Crippen molar-refractivity contribution in [3.05, 3.63) is 0 Å². The Morgan fingerprint density at radius 2 is 0.780 bits per heavy atom. The highest BCUT2D eigenvalue weighted by atomic mass is 31.2. The van der Waals surface area contributed by atoms with Gasteiger partial charge in [-0.1, -0.05) is 20.8 Å². The highest BCUT2D eigenvalue weighted by molar-refractivity contribution is 7.47. The summed E-state index contributed by atoms with van der Waals surface area (Å²) >= 11 is 0. The molecule has 3 saturated heterocycles. The third kappa shape index (κ3) is 18.6. The van der Waals surface area contributed by atoms with Gasteiger partial charge in [0.15, 0.2) is 0 Å². The van der Waals surface area contributed by atoms with Crippen molar-refractivity contribution in [1.29, 1.82) is 0 Å². The van der Waals surface area contributed by atoms with Crippen LogP contribution in [0.1, 0.15) is 97.8 Å². The molecule has 6 rings (SSSR count). The minimum absolute atomic E-state index is 0.0171. The van der Waals surface area contributed by atoms with E-state index in [0.717, 1.165) is 0 Å². The fourth-order valence-corrected chi connectivity index (χ4v) is 14.5. The summed E-state index contributed by atoms with van der Waals surface area (Å²) in [5, 5.41) is 102. The summed E-state index contributed by atoms with van der Waals surface area (Å²) in [5.74, 6) is -4.22. The maximum absolute atomic E-state index is 13.9. The average Bonchev–Trinajstić information content (AvgIpc) is 4.26. The standard InChI is InChI=1S/C52H93N3O25P2/c1-29-41(14-32(23-56)50(66)47(29)63)74-11-5-8-44(60)53-20-38(59)17-35(53)27-77-81(69,70)80-40-19-37(55(22-40)46(62)10-7-13-76-43-16-34(25-58)52(68)49(65)31(43)3)28-78-82(71,72)79-39-18-36(26-73-4)54(21-39)45(61)9-6-12-75-42-15-33(24-57)51(67)48(64)30(42)2/h29-43,47-52,56-59,63-68H,5-28H2,1-4H3,(H,69,70)(H,71,72)/t29?,30?,31?,32?,33?,34?,35-,36-,37-,38+,39+,40+,41+,42+,43+,47+,48+,49+,50-,51-,52-/m0/s1. The predicted octanol–water partition coefficient (Wildman–Crippen LogP) is -1.59. The molecule has 0 aromatic carbocycles. The molecule has 0 spiro atoms. The lowest BCUT2D eigenvalue weighted by Gasteiger charge is -2.40. The van der Waals surface area contributed by atoms with Crippen LogP contribution in [0, 0.1) is 35.5 Å². The van der Waals surface area contributed by atoms with Crippen LogP contribution < -0.4 is 0 Å². The molecule has 0 radical (unpaired) electrons. The number of carbonyl (C=O) groups is 3. The first-order valence-electron chi connectivity index (χ1n) is 28.9. The van der Waals surface area contributed by atoms with Crippen molar-refractivity contribution in [1.82, 2.24) is 14.7 Å². The van der Waals surface area contributed by atoms with E-state index in [1.54, 1.807) is 20.8 Å². The zero-order chi connectivity index (χ0) is 60.2. The first-order chi connectivity index (χ1) is 38.8. The average molecular weight is 1220 g/mol.